The second-order valence-corrected chi connectivity index (χ2v) is 4.49. The molecule has 0 amide bonds. The van der Waals surface area contributed by atoms with Crippen LogP contribution in [-0.4, -0.2) is 17.3 Å². The Kier molecular flexibility index (Phi) is 3.02. The molecule has 3 rings (SSSR count). The van der Waals surface area contributed by atoms with Crippen molar-refractivity contribution in [2.45, 2.75) is 0 Å². The molecule has 1 heterocycles. The topological polar surface area (TPSA) is 79.9 Å². The van der Waals surface area contributed by atoms with Gasteiger partial charge in [0.2, 0.25) is 0 Å². The summed E-state index contributed by atoms with van der Waals surface area (Å²) in [6.45, 7) is 0. The van der Waals surface area contributed by atoms with Gasteiger partial charge in [0.15, 0.2) is 28.3 Å². The number of ether oxygens (including phenoxy) is 1. The van der Waals surface area contributed by atoms with Crippen molar-refractivity contribution in [1.29, 1.82) is 0 Å². The van der Waals surface area contributed by atoms with Crippen molar-refractivity contribution < 1.29 is 19.4 Å². The van der Waals surface area contributed by atoms with Gasteiger partial charge in [-0.15, -0.1) is 0 Å². The lowest BCUT2D eigenvalue weighted by atomic mass is 10.1. The maximum atomic E-state index is 12.2. The van der Waals surface area contributed by atoms with Crippen LogP contribution >= 0.6 is 0 Å². The van der Waals surface area contributed by atoms with Crippen molar-refractivity contribution in [3.05, 3.63) is 52.7 Å². The van der Waals surface area contributed by atoms with Gasteiger partial charge in [0.25, 0.3) is 0 Å². The number of hydrogen-bond donors (Lipinski definition) is 2. The summed E-state index contributed by atoms with van der Waals surface area (Å²) >= 11 is 0. The summed E-state index contributed by atoms with van der Waals surface area (Å²) in [5, 5.41) is 19.9. The van der Waals surface area contributed by atoms with Crippen molar-refractivity contribution in [2.24, 2.45) is 0 Å². The summed E-state index contributed by atoms with van der Waals surface area (Å²) in [5.41, 5.74) is 0.174. The molecule has 0 saturated heterocycles. The molecular formula is C16H12O5. The highest BCUT2D eigenvalue weighted by Gasteiger charge is 2.18. The summed E-state index contributed by atoms with van der Waals surface area (Å²) in [5.74, 6) is -0.291. The monoisotopic (exact) mass is 284 g/mol. The lowest BCUT2D eigenvalue weighted by Gasteiger charge is -2.09. The van der Waals surface area contributed by atoms with E-state index in [4.69, 9.17) is 9.15 Å². The highest BCUT2D eigenvalue weighted by Crippen LogP contribution is 2.39. The minimum atomic E-state index is -0.457. The van der Waals surface area contributed by atoms with Crippen LogP contribution in [0.1, 0.15) is 0 Å². The van der Waals surface area contributed by atoms with Crippen LogP contribution in [0.25, 0.3) is 22.3 Å². The fourth-order valence-electron chi connectivity index (χ4n) is 2.18. The van der Waals surface area contributed by atoms with Gasteiger partial charge in [-0.05, 0) is 0 Å². The standard InChI is InChI=1S/C16H12O5/c1-20-13-8-11(18)16-14(15(13)19)10(17)7-12(21-16)9-5-3-2-4-6-9/h2-8,18-19H,1H3. The van der Waals surface area contributed by atoms with E-state index >= 15 is 0 Å². The average Bonchev–Trinajstić information content (AvgIpc) is 2.51. The third-order valence-electron chi connectivity index (χ3n) is 3.20. The lowest BCUT2D eigenvalue weighted by Crippen LogP contribution is -2.02. The fourth-order valence-corrected chi connectivity index (χ4v) is 2.18. The number of rotatable bonds is 2. The van der Waals surface area contributed by atoms with E-state index in [9.17, 15) is 15.0 Å². The molecule has 0 bridgehead atoms. The van der Waals surface area contributed by atoms with Crippen LogP contribution in [0.4, 0.5) is 0 Å². The first kappa shape index (κ1) is 13.1. The molecule has 0 fully saturated rings. The molecule has 0 unspecified atom stereocenters. The molecule has 0 aliphatic carbocycles. The molecule has 0 aliphatic rings. The minimum Gasteiger partial charge on any atom is -0.504 e. The Bertz CT molecular complexity index is 865. The van der Waals surface area contributed by atoms with Crippen molar-refractivity contribution in [1.82, 2.24) is 0 Å². The van der Waals surface area contributed by atoms with Crippen LogP contribution in [0, 0.1) is 0 Å². The van der Waals surface area contributed by atoms with E-state index in [0.717, 1.165) is 0 Å². The second-order valence-electron chi connectivity index (χ2n) is 4.49. The van der Waals surface area contributed by atoms with E-state index < -0.39 is 5.43 Å². The summed E-state index contributed by atoms with van der Waals surface area (Å²) in [6.07, 6.45) is 0. The molecule has 0 aliphatic heterocycles. The fraction of sp³-hybridized carbons (Fsp3) is 0.0625. The number of fused-ring (bicyclic) bond motifs is 1. The predicted molar refractivity (Wildman–Crippen MR) is 77.8 cm³/mol. The zero-order valence-electron chi connectivity index (χ0n) is 11.2. The van der Waals surface area contributed by atoms with E-state index in [1.807, 2.05) is 18.2 Å². The molecule has 0 spiro atoms. The SMILES string of the molecule is COc1cc(O)c2oc(-c3ccccc3)cc(=O)c2c1O. The van der Waals surface area contributed by atoms with Gasteiger partial charge < -0.3 is 19.4 Å². The molecule has 1 aromatic heterocycles. The molecule has 2 N–H and O–H groups in total. The Morgan fingerprint density at radius 3 is 2.48 bits per heavy atom. The molecule has 2 aromatic carbocycles. The van der Waals surface area contributed by atoms with Gasteiger partial charge in [-0.3, -0.25) is 4.79 Å². The summed E-state index contributed by atoms with van der Waals surface area (Å²) in [6, 6.07) is 11.5. The third-order valence-corrected chi connectivity index (χ3v) is 3.20. The lowest BCUT2D eigenvalue weighted by molar-refractivity contribution is 0.370. The summed E-state index contributed by atoms with van der Waals surface area (Å²) in [4.78, 5) is 12.2. The maximum Gasteiger partial charge on any atom is 0.197 e. The predicted octanol–water partition coefficient (Wildman–Crippen LogP) is 2.88. The largest absolute Gasteiger partial charge is 0.504 e. The van der Waals surface area contributed by atoms with Gasteiger partial charge >= 0.3 is 0 Å². The van der Waals surface area contributed by atoms with Crippen molar-refractivity contribution in [3.8, 4) is 28.6 Å². The summed E-state index contributed by atoms with van der Waals surface area (Å²) < 4.78 is 10.5. The molecule has 3 aromatic rings. The van der Waals surface area contributed by atoms with Crippen LogP contribution in [0.5, 0.6) is 17.2 Å². The van der Waals surface area contributed by atoms with Gasteiger partial charge in [-0.1, -0.05) is 30.3 Å². The Hall–Kier alpha value is -2.95. The van der Waals surface area contributed by atoms with E-state index in [2.05, 4.69) is 0 Å². The Morgan fingerprint density at radius 2 is 1.81 bits per heavy atom. The van der Waals surface area contributed by atoms with Gasteiger partial charge in [0.1, 0.15) is 11.1 Å². The van der Waals surface area contributed by atoms with Crippen LogP contribution in [-0.2, 0) is 0 Å². The van der Waals surface area contributed by atoms with Gasteiger partial charge in [-0.2, -0.15) is 0 Å². The number of aromatic hydroxyl groups is 2. The highest BCUT2D eigenvalue weighted by molar-refractivity contribution is 5.91. The van der Waals surface area contributed by atoms with Gasteiger partial charge in [0, 0.05) is 17.7 Å². The minimum absolute atomic E-state index is 0.0137. The van der Waals surface area contributed by atoms with Crippen molar-refractivity contribution >= 4 is 11.0 Å². The molecule has 0 saturated carbocycles. The van der Waals surface area contributed by atoms with Crippen LogP contribution < -0.4 is 10.2 Å². The zero-order chi connectivity index (χ0) is 15.0. The van der Waals surface area contributed by atoms with Crippen LogP contribution in [0.2, 0.25) is 0 Å². The molecule has 0 atom stereocenters. The Labute approximate surface area is 119 Å². The molecule has 5 heteroatoms. The Balaban J connectivity index is 2.36. The van der Waals surface area contributed by atoms with Crippen molar-refractivity contribution in [2.75, 3.05) is 7.11 Å². The van der Waals surface area contributed by atoms with Crippen LogP contribution in [0.15, 0.2) is 51.7 Å². The van der Waals surface area contributed by atoms with E-state index in [1.54, 1.807) is 12.1 Å². The van der Waals surface area contributed by atoms with E-state index in [-0.39, 0.29) is 28.2 Å². The summed E-state index contributed by atoms with van der Waals surface area (Å²) in [7, 11) is 1.33. The quantitative estimate of drug-likeness (QED) is 0.707. The molecule has 5 nitrogen and oxygen atoms in total. The van der Waals surface area contributed by atoms with Gasteiger partial charge in [0.05, 0.1) is 7.11 Å². The number of phenols is 2. The van der Waals surface area contributed by atoms with Gasteiger partial charge in [-0.25, -0.2) is 0 Å². The normalized spacial score (nSPS) is 10.7. The second kappa shape index (κ2) is 4.86. The first-order valence-electron chi connectivity index (χ1n) is 6.24. The number of hydrogen-bond acceptors (Lipinski definition) is 5. The molecule has 21 heavy (non-hydrogen) atoms. The first-order valence-corrected chi connectivity index (χ1v) is 6.24. The number of phenolic OH excluding ortho intramolecular Hbond substituents is 2. The first-order chi connectivity index (χ1) is 10.1. The van der Waals surface area contributed by atoms with E-state index in [1.165, 1.54) is 19.2 Å². The van der Waals surface area contributed by atoms with Crippen molar-refractivity contribution in [3.63, 3.8) is 0 Å². The smallest absolute Gasteiger partial charge is 0.197 e. The number of methoxy groups -OCH3 is 1. The molecule has 106 valence electrons. The van der Waals surface area contributed by atoms with Crippen LogP contribution in [0.3, 0.4) is 0 Å². The highest BCUT2D eigenvalue weighted by atomic mass is 16.5. The zero-order valence-corrected chi connectivity index (χ0v) is 11.2. The molecule has 0 radical (unpaired) electrons. The van der Waals surface area contributed by atoms with E-state index in [0.29, 0.717) is 11.3 Å². The average molecular weight is 284 g/mol. The Morgan fingerprint density at radius 1 is 1.10 bits per heavy atom. The number of benzene rings is 2. The maximum absolute atomic E-state index is 12.2. The molecular weight excluding hydrogens is 272 g/mol. The third kappa shape index (κ3) is 2.08.